The van der Waals surface area contributed by atoms with Gasteiger partial charge in [-0.1, -0.05) is 0 Å². The molecule has 0 radical (unpaired) electrons. The third kappa shape index (κ3) is 5.73. The minimum atomic E-state index is -0.778. The number of Topliss-reactive ketones (excluding diaryl/α,β-unsaturated/α-hetero) is 1. The fraction of sp³-hybridized carbons (Fsp3) is 0.800. The number of likely N-dealkylation sites (tertiary alicyclic amines) is 1. The molecule has 0 saturated carbocycles. The zero-order valence-electron chi connectivity index (χ0n) is 13.5. The Kier molecular flexibility index (Phi) is 5.75. The maximum atomic E-state index is 12.0. The Morgan fingerprint density at radius 1 is 1.24 bits per heavy atom. The molecule has 21 heavy (non-hydrogen) atoms. The fourth-order valence-corrected chi connectivity index (χ4v) is 2.05. The Bertz CT molecular complexity index is 411. The summed E-state index contributed by atoms with van der Waals surface area (Å²) in [5, 5.41) is 0. The summed E-state index contributed by atoms with van der Waals surface area (Å²) in [7, 11) is 0. The molecule has 0 aromatic rings. The molecule has 1 unspecified atom stereocenters. The number of amides is 1. The average Bonchev–Trinajstić information content (AvgIpc) is 2.48. The van der Waals surface area contributed by atoms with Crippen LogP contribution in [0.25, 0.3) is 0 Å². The van der Waals surface area contributed by atoms with Crippen molar-refractivity contribution >= 4 is 17.8 Å². The van der Waals surface area contributed by atoms with Crippen LogP contribution >= 0.6 is 0 Å². The molecule has 6 nitrogen and oxygen atoms in total. The molecule has 1 rings (SSSR count). The topological polar surface area (TPSA) is 72.9 Å². The van der Waals surface area contributed by atoms with Gasteiger partial charge in [-0.25, -0.2) is 4.79 Å². The standard InChI is InChI=1S/C15H25NO5/c1-10(2)20-13(18)11-6-8-16(9-7-12(11)17)14(19)21-15(3,4)5/h10-11H,6-9H2,1-5H3. The van der Waals surface area contributed by atoms with Gasteiger partial charge < -0.3 is 14.4 Å². The Labute approximate surface area is 125 Å². The molecule has 1 heterocycles. The summed E-state index contributed by atoms with van der Waals surface area (Å²) in [6, 6.07) is 0. The van der Waals surface area contributed by atoms with Crippen LogP contribution in [-0.2, 0) is 19.1 Å². The average molecular weight is 299 g/mol. The fourth-order valence-electron chi connectivity index (χ4n) is 2.05. The highest BCUT2D eigenvalue weighted by atomic mass is 16.6. The largest absolute Gasteiger partial charge is 0.462 e. The van der Waals surface area contributed by atoms with Crippen LogP contribution in [-0.4, -0.2) is 47.5 Å². The lowest BCUT2D eigenvalue weighted by molar-refractivity contribution is -0.155. The molecule has 0 N–H and O–H groups in total. The summed E-state index contributed by atoms with van der Waals surface area (Å²) in [5.41, 5.74) is -0.580. The molecule has 120 valence electrons. The van der Waals surface area contributed by atoms with E-state index in [1.54, 1.807) is 34.6 Å². The third-order valence-electron chi connectivity index (χ3n) is 2.99. The van der Waals surface area contributed by atoms with Crippen LogP contribution in [0.3, 0.4) is 0 Å². The number of ketones is 1. The Balaban J connectivity index is 2.65. The summed E-state index contributed by atoms with van der Waals surface area (Å²) >= 11 is 0. The van der Waals surface area contributed by atoms with Crippen molar-refractivity contribution in [2.24, 2.45) is 5.92 Å². The first kappa shape index (κ1) is 17.5. The number of hydrogen-bond donors (Lipinski definition) is 0. The first-order valence-electron chi connectivity index (χ1n) is 7.31. The van der Waals surface area contributed by atoms with Crippen LogP contribution < -0.4 is 0 Å². The van der Waals surface area contributed by atoms with Gasteiger partial charge in [0.05, 0.1) is 6.10 Å². The van der Waals surface area contributed by atoms with E-state index in [1.807, 2.05) is 0 Å². The lowest BCUT2D eigenvalue weighted by Crippen LogP contribution is -2.37. The van der Waals surface area contributed by atoms with Crippen LogP contribution in [0, 0.1) is 5.92 Å². The molecular formula is C15H25NO5. The molecule has 1 fully saturated rings. The smallest absolute Gasteiger partial charge is 0.410 e. The first-order chi connectivity index (χ1) is 9.60. The third-order valence-corrected chi connectivity index (χ3v) is 2.99. The molecule has 0 spiro atoms. The Hall–Kier alpha value is -1.59. The molecule has 1 atom stereocenters. The maximum absolute atomic E-state index is 12.0. The maximum Gasteiger partial charge on any atom is 0.410 e. The highest BCUT2D eigenvalue weighted by Gasteiger charge is 2.34. The summed E-state index contributed by atoms with van der Waals surface area (Å²) in [5.74, 6) is -1.45. The monoisotopic (exact) mass is 299 g/mol. The van der Waals surface area contributed by atoms with Crippen molar-refractivity contribution in [2.45, 2.75) is 59.2 Å². The van der Waals surface area contributed by atoms with Gasteiger partial charge >= 0.3 is 12.1 Å². The van der Waals surface area contributed by atoms with E-state index in [2.05, 4.69) is 0 Å². The summed E-state index contributed by atoms with van der Waals surface area (Å²) in [6.45, 7) is 9.44. The van der Waals surface area contributed by atoms with Crippen LogP contribution in [0.1, 0.15) is 47.5 Å². The van der Waals surface area contributed by atoms with Crippen LogP contribution in [0.15, 0.2) is 0 Å². The second-order valence-electron chi connectivity index (χ2n) is 6.51. The Morgan fingerprint density at radius 2 is 1.86 bits per heavy atom. The minimum Gasteiger partial charge on any atom is -0.462 e. The molecule has 0 aromatic carbocycles. The van der Waals surface area contributed by atoms with Crippen molar-refractivity contribution < 1.29 is 23.9 Å². The Morgan fingerprint density at radius 3 is 2.38 bits per heavy atom. The molecule has 1 aliphatic heterocycles. The number of carbonyl (C=O) groups is 3. The van der Waals surface area contributed by atoms with Crippen molar-refractivity contribution in [3.05, 3.63) is 0 Å². The molecule has 0 bridgehead atoms. The van der Waals surface area contributed by atoms with Crippen LogP contribution in [0.5, 0.6) is 0 Å². The van der Waals surface area contributed by atoms with Crippen molar-refractivity contribution in [1.82, 2.24) is 4.90 Å². The number of rotatable bonds is 2. The van der Waals surface area contributed by atoms with Crippen molar-refractivity contribution in [3.63, 3.8) is 0 Å². The van der Waals surface area contributed by atoms with E-state index in [0.29, 0.717) is 6.54 Å². The highest BCUT2D eigenvalue weighted by molar-refractivity contribution is 5.99. The van der Waals surface area contributed by atoms with E-state index in [1.165, 1.54) is 4.90 Å². The lowest BCUT2D eigenvalue weighted by Gasteiger charge is -2.26. The molecule has 1 saturated heterocycles. The van der Waals surface area contributed by atoms with Gasteiger partial charge in [0.15, 0.2) is 0 Å². The van der Waals surface area contributed by atoms with E-state index < -0.39 is 23.6 Å². The number of esters is 1. The summed E-state index contributed by atoms with van der Waals surface area (Å²) in [6.07, 6.45) is -0.274. The predicted octanol–water partition coefficient (Wildman–Crippen LogP) is 2.15. The molecule has 6 heteroatoms. The number of nitrogens with zero attached hydrogens (tertiary/aromatic N) is 1. The van der Waals surface area contributed by atoms with Crippen molar-refractivity contribution in [2.75, 3.05) is 13.1 Å². The molecule has 1 amide bonds. The van der Waals surface area contributed by atoms with Crippen LogP contribution in [0.2, 0.25) is 0 Å². The SMILES string of the molecule is CC(C)OC(=O)C1CCN(C(=O)OC(C)(C)C)CCC1=O. The summed E-state index contributed by atoms with van der Waals surface area (Å²) in [4.78, 5) is 37.4. The van der Waals surface area contributed by atoms with Gasteiger partial charge in [-0.05, 0) is 41.0 Å². The van der Waals surface area contributed by atoms with Crippen molar-refractivity contribution in [3.8, 4) is 0 Å². The van der Waals surface area contributed by atoms with Gasteiger partial charge in [-0.3, -0.25) is 9.59 Å². The van der Waals surface area contributed by atoms with E-state index in [4.69, 9.17) is 9.47 Å². The van der Waals surface area contributed by atoms with Gasteiger partial charge in [0, 0.05) is 19.5 Å². The van der Waals surface area contributed by atoms with E-state index in [-0.39, 0.29) is 31.3 Å². The lowest BCUT2D eigenvalue weighted by atomic mass is 9.99. The zero-order valence-corrected chi connectivity index (χ0v) is 13.5. The molecule has 0 aromatic heterocycles. The second-order valence-corrected chi connectivity index (χ2v) is 6.51. The van der Waals surface area contributed by atoms with E-state index in [9.17, 15) is 14.4 Å². The molecular weight excluding hydrogens is 274 g/mol. The molecule has 1 aliphatic rings. The minimum absolute atomic E-state index is 0.150. The number of hydrogen-bond acceptors (Lipinski definition) is 5. The quantitative estimate of drug-likeness (QED) is 0.577. The normalized spacial score (nSPS) is 20.2. The highest BCUT2D eigenvalue weighted by Crippen LogP contribution is 2.19. The number of ether oxygens (including phenoxy) is 2. The van der Waals surface area contributed by atoms with Crippen molar-refractivity contribution in [1.29, 1.82) is 0 Å². The molecule has 0 aliphatic carbocycles. The first-order valence-corrected chi connectivity index (χ1v) is 7.31. The van der Waals surface area contributed by atoms with Gasteiger partial charge in [0.2, 0.25) is 0 Å². The van der Waals surface area contributed by atoms with E-state index >= 15 is 0 Å². The predicted molar refractivity (Wildman–Crippen MR) is 76.8 cm³/mol. The van der Waals surface area contributed by atoms with Gasteiger partial charge in [0.25, 0.3) is 0 Å². The van der Waals surface area contributed by atoms with E-state index in [0.717, 1.165) is 0 Å². The second kappa shape index (κ2) is 6.91. The van der Waals surface area contributed by atoms with Gasteiger partial charge in [-0.15, -0.1) is 0 Å². The van der Waals surface area contributed by atoms with Crippen LogP contribution in [0.4, 0.5) is 4.79 Å². The van der Waals surface area contributed by atoms with Gasteiger partial charge in [0.1, 0.15) is 17.3 Å². The van der Waals surface area contributed by atoms with Gasteiger partial charge in [-0.2, -0.15) is 0 Å². The zero-order chi connectivity index (χ0) is 16.2. The number of carbonyl (C=O) groups excluding carboxylic acids is 3. The summed E-state index contributed by atoms with van der Waals surface area (Å²) < 4.78 is 10.4.